The molecule has 8 heteroatoms. The lowest BCUT2D eigenvalue weighted by Gasteiger charge is -2.28. The molecule has 1 aliphatic heterocycles. The Morgan fingerprint density at radius 2 is 1.69 bits per heavy atom. The van der Waals surface area contributed by atoms with Crippen LogP contribution in [0, 0.1) is 5.92 Å². The van der Waals surface area contributed by atoms with Crippen molar-refractivity contribution in [2.45, 2.75) is 47.1 Å². The third-order valence-electron chi connectivity index (χ3n) is 6.99. The van der Waals surface area contributed by atoms with Crippen LogP contribution < -0.4 is 14.2 Å². The van der Waals surface area contributed by atoms with Gasteiger partial charge in [0.2, 0.25) is 0 Å². The van der Waals surface area contributed by atoms with Crippen molar-refractivity contribution < 1.29 is 28.9 Å². The maximum Gasteiger partial charge on any atom is 0.295 e. The second-order valence-electron chi connectivity index (χ2n) is 9.92. The van der Waals surface area contributed by atoms with Crippen LogP contribution in [0.1, 0.15) is 58.2 Å². The van der Waals surface area contributed by atoms with Gasteiger partial charge >= 0.3 is 0 Å². The minimum Gasteiger partial charge on any atom is -0.507 e. The van der Waals surface area contributed by atoms with Crippen LogP contribution >= 0.6 is 0 Å². The van der Waals surface area contributed by atoms with Gasteiger partial charge in [-0.2, -0.15) is 0 Å². The predicted octanol–water partition coefficient (Wildman–Crippen LogP) is 5.28. The van der Waals surface area contributed by atoms with Crippen molar-refractivity contribution in [1.82, 2.24) is 9.80 Å². The number of nitrogens with zero attached hydrogens (tertiary/aromatic N) is 2. The molecule has 0 aliphatic carbocycles. The van der Waals surface area contributed by atoms with E-state index in [0.29, 0.717) is 60.6 Å². The van der Waals surface area contributed by atoms with Gasteiger partial charge in [0.05, 0.1) is 31.9 Å². The van der Waals surface area contributed by atoms with Crippen LogP contribution in [0.2, 0.25) is 0 Å². The molecule has 0 spiro atoms. The molecule has 1 saturated heterocycles. The Morgan fingerprint density at radius 3 is 2.28 bits per heavy atom. The molecule has 39 heavy (non-hydrogen) atoms. The average molecular weight is 539 g/mol. The molecular formula is C31H42N2O6. The molecule has 0 bridgehead atoms. The Morgan fingerprint density at radius 1 is 1.00 bits per heavy atom. The number of hydrogen-bond acceptors (Lipinski definition) is 7. The van der Waals surface area contributed by atoms with Gasteiger partial charge in [-0.1, -0.05) is 33.8 Å². The van der Waals surface area contributed by atoms with E-state index in [9.17, 15) is 14.7 Å². The minimum atomic E-state index is -0.772. The monoisotopic (exact) mass is 538 g/mol. The van der Waals surface area contributed by atoms with Crippen molar-refractivity contribution >= 4 is 17.4 Å². The number of likely N-dealkylation sites (tertiary alicyclic amines) is 1. The SMILES string of the molecule is CCOc1ccc(/C(O)=C2\C(=O)C(=O)N(CCN(CC)CC)C2c2ccc(OCCC(C)C)c(OC)c2)cc1. The Balaban J connectivity index is 2.07. The van der Waals surface area contributed by atoms with Crippen LogP contribution in [-0.4, -0.2) is 73.1 Å². The van der Waals surface area contributed by atoms with Crippen LogP contribution in [0.25, 0.3) is 5.76 Å². The topological polar surface area (TPSA) is 88.5 Å². The Hall–Kier alpha value is -3.52. The molecule has 1 fully saturated rings. The van der Waals surface area contributed by atoms with Crippen LogP contribution in [-0.2, 0) is 9.59 Å². The van der Waals surface area contributed by atoms with Gasteiger partial charge in [0, 0.05) is 18.7 Å². The predicted molar refractivity (Wildman–Crippen MR) is 152 cm³/mol. The molecule has 1 heterocycles. The normalized spacial score (nSPS) is 16.8. The molecule has 212 valence electrons. The quantitative estimate of drug-likeness (QED) is 0.199. The molecule has 2 aromatic rings. The summed E-state index contributed by atoms with van der Waals surface area (Å²) in [4.78, 5) is 30.5. The summed E-state index contributed by atoms with van der Waals surface area (Å²) in [6.45, 7) is 13.9. The Labute approximate surface area is 232 Å². The number of carbonyl (C=O) groups is 2. The lowest BCUT2D eigenvalue weighted by atomic mass is 9.95. The van der Waals surface area contributed by atoms with Gasteiger partial charge in [-0.3, -0.25) is 9.59 Å². The summed E-state index contributed by atoms with van der Waals surface area (Å²) < 4.78 is 17.1. The van der Waals surface area contributed by atoms with Crippen molar-refractivity contribution in [3.63, 3.8) is 0 Å². The number of hydrogen-bond donors (Lipinski definition) is 1. The summed E-state index contributed by atoms with van der Waals surface area (Å²) in [6, 6.07) is 11.5. The molecule has 1 N–H and O–H groups in total. The summed E-state index contributed by atoms with van der Waals surface area (Å²) in [5.41, 5.74) is 1.15. The number of ether oxygens (including phenoxy) is 3. The highest BCUT2D eigenvalue weighted by molar-refractivity contribution is 6.46. The molecule has 0 saturated carbocycles. The molecule has 2 aromatic carbocycles. The van der Waals surface area contributed by atoms with Gasteiger partial charge < -0.3 is 29.1 Å². The highest BCUT2D eigenvalue weighted by atomic mass is 16.5. The lowest BCUT2D eigenvalue weighted by molar-refractivity contribution is -0.140. The van der Waals surface area contributed by atoms with Crippen LogP contribution in [0.3, 0.4) is 0 Å². The number of aliphatic hydroxyl groups excluding tert-OH is 1. The zero-order valence-corrected chi connectivity index (χ0v) is 24.0. The maximum absolute atomic E-state index is 13.4. The van der Waals surface area contributed by atoms with E-state index >= 15 is 0 Å². The molecule has 1 aliphatic rings. The van der Waals surface area contributed by atoms with Gasteiger partial charge in [-0.25, -0.2) is 0 Å². The molecule has 0 radical (unpaired) electrons. The summed E-state index contributed by atoms with van der Waals surface area (Å²) in [6.07, 6.45) is 0.901. The number of Topliss-reactive ketones (excluding diaryl/α,β-unsaturated/α-hetero) is 1. The number of ketones is 1. The fraction of sp³-hybridized carbons (Fsp3) is 0.484. The number of amides is 1. The van der Waals surface area contributed by atoms with E-state index in [-0.39, 0.29) is 11.3 Å². The molecule has 8 nitrogen and oxygen atoms in total. The first kappa shape index (κ1) is 30.0. The summed E-state index contributed by atoms with van der Waals surface area (Å²) >= 11 is 0. The lowest BCUT2D eigenvalue weighted by Crippen LogP contribution is -2.38. The molecule has 1 atom stereocenters. The van der Waals surface area contributed by atoms with Crippen molar-refractivity contribution in [2.75, 3.05) is 46.5 Å². The third-order valence-corrected chi connectivity index (χ3v) is 6.99. The van der Waals surface area contributed by atoms with Gasteiger partial charge in [0.1, 0.15) is 11.5 Å². The summed E-state index contributed by atoms with van der Waals surface area (Å²) in [5, 5.41) is 11.4. The smallest absolute Gasteiger partial charge is 0.295 e. The number of aliphatic hydroxyl groups is 1. The number of likely N-dealkylation sites (N-methyl/N-ethyl adjacent to an activating group) is 1. The van der Waals surface area contributed by atoms with E-state index in [4.69, 9.17) is 14.2 Å². The number of rotatable bonds is 14. The first-order chi connectivity index (χ1) is 18.7. The van der Waals surface area contributed by atoms with Crippen LogP contribution in [0.15, 0.2) is 48.0 Å². The molecule has 1 amide bonds. The second kappa shape index (κ2) is 14.0. The van der Waals surface area contributed by atoms with E-state index in [0.717, 1.165) is 19.5 Å². The highest BCUT2D eigenvalue weighted by Crippen LogP contribution is 2.42. The maximum atomic E-state index is 13.4. The van der Waals surface area contributed by atoms with Crippen molar-refractivity contribution in [2.24, 2.45) is 5.92 Å². The zero-order valence-electron chi connectivity index (χ0n) is 24.0. The second-order valence-corrected chi connectivity index (χ2v) is 9.92. The first-order valence-corrected chi connectivity index (χ1v) is 13.8. The number of carbonyl (C=O) groups excluding carboxylic acids is 2. The van der Waals surface area contributed by atoms with Crippen LogP contribution in [0.4, 0.5) is 0 Å². The number of methoxy groups -OCH3 is 1. The van der Waals surface area contributed by atoms with Gasteiger partial charge in [0.15, 0.2) is 11.5 Å². The minimum absolute atomic E-state index is 0.0548. The summed E-state index contributed by atoms with van der Waals surface area (Å²) in [7, 11) is 1.56. The Bertz CT molecular complexity index is 1150. The fourth-order valence-electron chi connectivity index (χ4n) is 4.66. The van der Waals surface area contributed by atoms with Gasteiger partial charge in [-0.15, -0.1) is 0 Å². The number of benzene rings is 2. The van der Waals surface area contributed by atoms with Crippen LogP contribution in [0.5, 0.6) is 17.2 Å². The molecule has 3 rings (SSSR count). The van der Waals surface area contributed by atoms with E-state index in [1.807, 2.05) is 13.0 Å². The van der Waals surface area contributed by atoms with E-state index < -0.39 is 17.7 Å². The largest absolute Gasteiger partial charge is 0.507 e. The van der Waals surface area contributed by atoms with E-state index in [2.05, 4.69) is 32.6 Å². The van der Waals surface area contributed by atoms with Gasteiger partial charge in [-0.05, 0) is 74.3 Å². The highest BCUT2D eigenvalue weighted by Gasteiger charge is 2.46. The summed E-state index contributed by atoms with van der Waals surface area (Å²) in [5.74, 6) is 0.702. The first-order valence-electron chi connectivity index (χ1n) is 13.8. The molecule has 0 aromatic heterocycles. The van der Waals surface area contributed by atoms with Gasteiger partial charge in [0.25, 0.3) is 11.7 Å². The third kappa shape index (κ3) is 7.12. The Kier molecular flexibility index (Phi) is 10.8. The fourth-order valence-corrected chi connectivity index (χ4v) is 4.66. The van der Waals surface area contributed by atoms with Crippen molar-refractivity contribution in [3.05, 3.63) is 59.2 Å². The van der Waals surface area contributed by atoms with E-state index in [1.54, 1.807) is 48.4 Å². The van der Waals surface area contributed by atoms with Crippen molar-refractivity contribution in [1.29, 1.82) is 0 Å². The standard InChI is InChI=1S/C31H42N2O6/c1-7-32(8-2)17-18-33-28(23-12-15-25(26(20-23)37-6)39-19-16-21(4)5)27(30(35)31(33)36)29(34)22-10-13-24(14-11-22)38-9-3/h10-15,20-21,28,34H,7-9,16-19H2,1-6H3/b29-27+. The molecule has 1 unspecified atom stereocenters. The van der Waals surface area contributed by atoms with E-state index in [1.165, 1.54) is 0 Å². The van der Waals surface area contributed by atoms with Crippen molar-refractivity contribution in [3.8, 4) is 17.2 Å². The molecular weight excluding hydrogens is 496 g/mol. The average Bonchev–Trinajstić information content (AvgIpc) is 3.18. The zero-order chi connectivity index (χ0) is 28.5.